The molecule has 1 heterocycles. The number of amides is 1. The zero-order chi connectivity index (χ0) is 12.8. The summed E-state index contributed by atoms with van der Waals surface area (Å²) in [6.45, 7) is 3.95. The number of ether oxygens (including phenoxy) is 1. The molecule has 0 saturated heterocycles. The van der Waals surface area contributed by atoms with E-state index in [1.54, 1.807) is 25.4 Å². The van der Waals surface area contributed by atoms with E-state index in [4.69, 9.17) is 10.5 Å². The van der Waals surface area contributed by atoms with E-state index in [9.17, 15) is 4.79 Å². The molecule has 2 unspecified atom stereocenters. The molecule has 1 aromatic heterocycles. The highest BCUT2D eigenvalue weighted by molar-refractivity contribution is 5.94. The highest BCUT2D eigenvalue weighted by Gasteiger charge is 2.19. The largest absolute Gasteiger partial charge is 0.497 e. The Bertz CT molecular complexity index is 387. The summed E-state index contributed by atoms with van der Waals surface area (Å²) in [4.78, 5) is 15.8. The predicted molar refractivity (Wildman–Crippen MR) is 74.1 cm³/mol. The summed E-state index contributed by atoms with van der Waals surface area (Å²) in [6, 6.07) is 2.85. The van der Waals surface area contributed by atoms with E-state index in [2.05, 4.69) is 10.3 Å². The van der Waals surface area contributed by atoms with Gasteiger partial charge in [0.15, 0.2) is 0 Å². The lowest BCUT2D eigenvalue weighted by molar-refractivity contribution is -0.118. The highest BCUT2D eigenvalue weighted by atomic mass is 35.5. The van der Waals surface area contributed by atoms with Gasteiger partial charge in [-0.05, 0) is 12.0 Å². The van der Waals surface area contributed by atoms with E-state index in [-0.39, 0.29) is 24.2 Å². The Morgan fingerprint density at radius 2 is 2.28 bits per heavy atom. The van der Waals surface area contributed by atoms with Gasteiger partial charge in [0, 0.05) is 12.3 Å². The fourth-order valence-electron chi connectivity index (χ4n) is 1.33. The molecule has 0 saturated carbocycles. The van der Waals surface area contributed by atoms with Gasteiger partial charge in [0.25, 0.3) is 0 Å². The second-order valence-electron chi connectivity index (χ2n) is 3.98. The summed E-state index contributed by atoms with van der Waals surface area (Å²) in [7, 11) is 1.56. The molecular formula is C12H20ClN3O2. The summed E-state index contributed by atoms with van der Waals surface area (Å²) in [5.41, 5.74) is 5.82. The van der Waals surface area contributed by atoms with Crippen LogP contribution in [0, 0.1) is 5.92 Å². The van der Waals surface area contributed by atoms with Crippen molar-refractivity contribution in [2.45, 2.75) is 26.3 Å². The molecule has 18 heavy (non-hydrogen) atoms. The lowest BCUT2D eigenvalue weighted by atomic mass is 9.99. The van der Waals surface area contributed by atoms with Gasteiger partial charge in [-0.2, -0.15) is 0 Å². The monoisotopic (exact) mass is 273 g/mol. The number of carbonyl (C=O) groups is 1. The van der Waals surface area contributed by atoms with Gasteiger partial charge in [-0.25, -0.2) is 4.98 Å². The van der Waals surface area contributed by atoms with Crippen LogP contribution in [0.3, 0.4) is 0 Å². The summed E-state index contributed by atoms with van der Waals surface area (Å²) < 4.78 is 5.04. The normalized spacial score (nSPS) is 13.1. The fourth-order valence-corrected chi connectivity index (χ4v) is 1.33. The van der Waals surface area contributed by atoms with Gasteiger partial charge in [0.1, 0.15) is 11.6 Å². The van der Waals surface area contributed by atoms with Crippen molar-refractivity contribution >= 4 is 24.1 Å². The number of rotatable bonds is 5. The first-order valence-corrected chi connectivity index (χ1v) is 5.65. The van der Waals surface area contributed by atoms with E-state index in [1.807, 2.05) is 13.8 Å². The van der Waals surface area contributed by atoms with Crippen LogP contribution in [0.15, 0.2) is 18.3 Å². The zero-order valence-corrected chi connectivity index (χ0v) is 11.7. The van der Waals surface area contributed by atoms with E-state index in [0.29, 0.717) is 11.6 Å². The Labute approximate surface area is 114 Å². The number of hydrogen-bond acceptors (Lipinski definition) is 4. The van der Waals surface area contributed by atoms with Crippen molar-refractivity contribution in [1.82, 2.24) is 4.98 Å². The molecular weight excluding hydrogens is 254 g/mol. The number of methoxy groups -OCH3 is 1. The standard InChI is InChI=1S/C12H19N3O2.ClH/c1-4-8(2)11(13)12(16)15-10-7-9(17-3)5-6-14-10;/h5-8,11H,4,13H2,1-3H3,(H,14,15,16);1H. The Morgan fingerprint density at radius 3 is 2.83 bits per heavy atom. The second kappa shape index (κ2) is 7.89. The fraction of sp³-hybridized carbons (Fsp3) is 0.500. The number of anilines is 1. The highest BCUT2D eigenvalue weighted by Crippen LogP contribution is 2.14. The lowest BCUT2D eigenvalue weighted by Crippen LogP contribution is -2.40. The Balaban J connectivity index is 0.00000289. The van der Waals surface area contributed by atoms with Crippen molar-refractivity contribution in [3.63, 3.8) is 0 Å². The molecule has 0 bridgehead atoms. The Morgan fingerprint density at radius 1 is 1.61 bits per heavy atom. The van der Waals surface area contributed by atoms with Crippen molar-refractivity contribution in [2.75, 3.05) is 12.4 Å². The van der Waals surface area contributed by atoms with Gasteiger partial charge >= 0.3 is 0 Å². The van der Waals surface area contributed by atoms with Gasteiger partial charge < -0.3 is 15.8 Å². The van der Waals surface area contributed by atoms with Crippen molar-refractivity contribution < 1.29 is 9.53 Å². The van der Waals surface area contributed by atoms with E-state index < -0.39 is 6.04 Å². The third kappa shape index (κ3) is 4.50. The van der Waals surface area contributed by atoms with Crippen LogP contribution in [0.5, 0.6) is 5.75 Å². The lowest BCUT2D eigenvalue weighted by Gasteiger charge is -2.17. The van der Waals surface area contributed by atoms with Crippen LogP contribution >= 0.6 is 12.4 Å². The average Bonchev–Trinajstić information content (AvgIpc) is 2.37. The van der Waals surface area contributed by atoms with Crippen molar-refractivity contribution in [1.29, 1.82) is 0 Å². The predicted octanol–water partition coefficient (Wildman–Crippen LogP) is 1.82. The number of carbonyl (C=O) groups excluding carboxylic acids is 1. The van der Waals surface area contributed by atoms with Crippen LogP contribution in [-0.4, -0.2) is 24.0 Å². The average molecular weight is 274 g/mol. The topological polar surface area (TPSA) is 77.2 Å². The Hall–Kier alpha value is -1.33. The Kier molecular flexibility index (Phi) is 7.31. The van der Waals surface area contributed by atoms with Crippen LogP contribution < -0.4 is 15.8 Å². The first-order valence-electron chi connectivity index (χ1n) is 5.65. The molecule has 0 fully saturated rings. The van der Waals surface area contributed by atoms with Crippen LogP contribution in [0.25, 0.3) is 0 Å². The summed E-state index contributed by atoms with van der Waals surface area (Å²) in [6.07, 6.45) is 2.43. The van der Waals surface area contributed by atoms with Crippen LogP contribution in [0.2, 0.25) is 0 Å². The maximum atomic E-state index is 11.8. The SMILES string of the molecule is CCC(C)C(N)C(=O)Nc1cc(OC)ccn1.Cl. The van der Waals surface area contributed by atoms with Gasteiger partial charge in [-0.3, -0.25) is 4.79 Å². The number of halogens is 1. The van der Waals surface area contributed by atoms with Crippen molar-refractivity contribution in [3.05, 3.63) is 18.3 Å². The number of nitrogens with zero attached hydrogens (tertiary/aromatic N) is 1. The molecule has 102 valence electrons. The molecule has 1 rings (SSSR count). The molecule has 0 spiro atoms. The smallest absolute Gasteiger partial charge is 0.242 e. The molecule has 6 heteroatoms. The minimum Gasteiger partial charge on any atom is -0.497 e. The second-order valence-corrected chi connectivity index (χ2v) is 3.98. The molecule has 1 aromatic rings. The molecule has 0 aliphatic heterocycles. The van der Waals surface area contributed by atoms with Crippen molar-refractivity contribution in [3.8, 4) is 5.75 Å². The van der Waals surface area contributed by atoms with Crippen molar-refractivity contribution in [2.24, 2.45) is 11.7 Å². The zero-order valence-electron chi connectivity index (χ0n) is 10.8. The first kappa shape index (κ1) is 16.7. The van der Waals surface area contributed by atoms with Gasteiger partial charge in [0.2, 0.25) is 5.91 Å². The number of nitrogens with one attached hydrogen (secondary N) is 1. The van der Waals surface area contributed by atoms with Crippen LogP contribution in [0.4, 0.5) is 5.82 Å². The number of aromatic nitrogens is 1. The number of pyridine rings is 1. The van der Waals surface area contributed by atoms with Crippen LogP contribution in [-0.2, 0) is 4.79 Å². The minimum atomic E-state index is -0.520. The molecule has 0 aliphatic rings. The molecule has 1 amide bonds. The quantitative estimate of drug-likeness (QED) is 0.858. The third-order valence-corrected chi connectivity index (χ3v) is 2.78. The molecule has 0 aromatic carbocycles. The van der Waals surface area contributed by atoms with E-state index in [1.165, 1.54) is 0 Å². The van der Waals surface area contributed by atoms with Crippen LogP contribution in [0.1, 0.15) is 20.3 Å². The molecule has 0 radical (unpaired) electrons. The minimum absolute atomic E-state index is 0. The van der Waals surface area contributed by atoms with Gasteiger partial charge in [-0.15, -0.1) is 12.4 Å². The summed E-state index contributed by atoms with van der Waals surface area (Å²) in [5, 5.41) is 2.68. The molecule has 5 nitrogen and oxygen atoms in total. The molecule has 0 aliphatic carbocycles. The maximum absolute atomic E-state index is 11.8. The maximum Gasteiger partial charge on any atom is 0.242 e. The van der Waals surface area contributed by atoms with E-state index in [0.717, 1.165) is 6.42 Å². The first-order chi connectivity index (χ1) is 8.08. The number of nitrogens with two attached hydrogens (primary N) is 1. The number of hydrogen-bond donors (Lipinski definition) is 2. The van der Waals surface area contributed by atoms with Gasteiger partial charge in [-0.1, -0.05) is 20.3 Å². The molecule has 2 atom stereocenters. The van der Waals surface area contributed by atoms with Gasteiger partial charge in [0.05, 0.1) is 13.2 Å². The third-order valence-electron chi connectivity index (χ3n) is 2.78. The summed E-state index contributed by atoms with van der Waals surface area (Å²) >= 11 is 0. The summed E-state index contributed by atoms with van der Waals surface area (Å²) in [5.74, 6) is 1.02. The molecule has 3 N–H and O–H groups in total. The van der Waals surface area contributed by atoms with E-state index >= 15 is 0 Å².